The molecule has 1 heterocycles. The predicted octanol–water partition coefficient (Wildman–Crippen LogP) is 2.70. The second kappa shape index (κ2) is 6.90. The minimum atomic E-state index is -0.518. The number of hydrogen-bond acceptors (Lipinski definition) is 4. The van der Waals surface area contributed by atoms with Crippen LogP contribution in [0, 0.1) is 0 Å². The molecule has 1 aliphatic heterocycles. The number of likely N-dealkylation sites (N-methyl/N-ethyl adjacent to an activating group) is 1. The zero-order valence-electron chi connectivity index (χ0n) is 15.2. The third kappa shape index (κ3) is 3.09. The van der Waals surface area contributed by atoms with Crippen LogP contribution in [0.25, 0.3) is 0 Å². The number of fused-ring (bicyclic) bond motifs is 2. The van der Waals surface area contributed by atoms with E-state index in [9.17, 15) is 4.79 Å². The van der Waals surface area contributed by atoms with E-state index in [2.05, 4.69) is 22.3 Å². The Hall–Kier alpha value is -2.69. The summed E-state index contributed by atoms with van der Waals surface area (Å²) in [7, 11) is 3.66. The summed E-state index contributed by atoms with van der Waals surface area (Å²) < 4.78 is 11.4. The van der Waals surface area contributed by atoms with Crippen molar-refractivity contribution >= 4 is 11.6 Å². The lowest BCUT2D eigenvalue weighted by molar-refractivity contribution is -0.128. The minimum absolute atomic E-state index is 0.103. The molecule has 26 heavy (non-hydrogen) atoms. The van der Waals surface area contributed by atoms with Crippen LogP contribution >= 0.6 is 0 Å². The SMILES string of the molecule is COc1cc2c(cc1CNC(=O)C1CN(C)c3ccccc3O1)CCC2. The molecule has 4 rings (SSSR count). The number of nitrogens with zero attached hydrogens (tertiary/aromatic N) is 1. The first-order valence-electron chi connectivity index (χ1n) is 9.09. The van der Waals surface area contributed by atoms with Crippen molar-refractivity contribution in [2.45, 2.75) is 31.9 Å². The van der Waals surface area contributed by atoms with Gasteiger partial charge in [0, 0.05) is 19.2 Å². The molecule has 1 amide bonds. The van der Waals surface area contributed by atoms with E-state index in [4.69, 9.17) is 9.47 Å². The Morgan fingerprint density at radius 1 is 1.27 bits per heavy atom. The molecule has 1 atom stereocenters. The molecule has 2 aromatic rings. The lowest BCUT2D eigenvalue weighted by Crippen LogP contribution is -2.47. The maximum absolute atomic E-state index is 12.7. The molecule has 0 spiro atoms. The number of hydrogen-bond donors (Lipinski definition) is 1. The molecule has 1 unspecified atom stereocenters. The average Bonchev–Trinajstić information content (AvgIpc) is 3.12. The first-order chi connectivity index (χ1) is 12.7. The van der Waals surface area contributed by atoms with Crippen molar-refractivity contribution in [3.8, 4) is 11.5 Å². The summed E-state index contributed by atoms with van der Waals surface area (Å²) in [4.78, 5) is 14.7. The fourth-order valence-corrected chi connectivity index (χ4v) is 3.82. The number of ether oxygens (including phenoxy) is 2. The molecule has 5 nitrogen and oxygen atoms in total. The molecule has 2 aromatic carbocycles. The van der Waals surface area contributed by atoms with Gasteiger partial charge in [-0.05, 0) is 48.6 Å². The van der Waals surface area contributed by atoms with Crippen molar-refractivity contribution in [2.75, 3.05) is 25.6 Å². The van der Waals surface area contributed by atoms with Gasteiger partial charge in [0.1, 0.15) is 11.5 Å². The van der Waals surface area contributed by atoms with Gasteiger partial charge in [0.2, 0.25) is 0 Å². The van der Waals surface area contributed by atoms with E-state index in [1.54, 1.807) is 7.11 Å². The standard InChI is InChI=1S/C21H24N2O3/c1-23-13-20(26-18-9-4-3-8-17(18)23)21(24)22-12-16-10-14-6-5-7-15(14)11-19(16)25-2/h3-4,8-11,20H,5-7,12-13H2,1-2H3,(H,22,24). The van der Waals surface area contributed by atoms with Crippen LogP contribution in [-0.4, -0.2) is 32.7 Å². The maximum atomic E-state index is 12.7. The summed E-state index contributed by atoms with van der Waals surface area (Å²) in [5.74, 6) is 1.49. The van der Waals surface area contributed by atoms with Crippen LogP contribution < -0.4 is 19.7 Å². The van der Waals surface area contributed by atoms with E-state index >= 15 is 0 Å². The van der Waals surface area contributed by atoms with Crippen LogP contribution in [0.3, 0.4) is 0 Å². The van der Waals surface area contributed by atoms with Crippen molar-refractivity contribution in [1.82, 2.24) is 5.32 Å². The summed E-state index contributed by atoms with van der Waals surface area (Å²) in [6, 6.07) is 12.1. The minimum Gasteiger partial charge on any atom is -0.496 e. The molecule has 1 aliphatic carbocycles. The molecule has 0 saturated heterocycles. The molecule has 0 bridgehead atoms. The molecular weight excluding hydrogens is 328 g/mol. The van der Waals surface area contributed by atoms with Crippen LogP contribution in [-0.2, 0) is 24.2 Å². The third-order valence-electron chi connectivity index (χ3n) is 5.23. The highest BCUT2D eigenvalue weighted by Gasteiger charge is 2.29. The molecule has 136 valence electrons. The van der Waals surface area contributed by atoms with Gasteiger partial charge in [-0.15, -0.1) is 0 Å². The number of benzene rings is 2. The number of anilines is 1. The van der Waals surface area contributed by atoms with Gasteiger partial charge in [-0.3, -0.25) is 4.79 Å². The summed E-state index contributed by atoms with van der Waals surface area (Å²) >= 11 is 0. The molecular formula is C21H24N2O3. The number of carbonyl (C=O) groups is 1. The molecule has 2 aliphatic rings. The van der Waals surface area contributed by atoms with Crippen LogP contribution in [0.1, 0.15) is 23.1 Å². The van der Waals surface area contributed by atoms with Crippen molar-refractivity contribution in [1.29, 1.82) is 0 Å². The first kappa shape index (κ1) is 16.8. The lowest BCUT2D eigenvalue weighted by atomic mass is 10.0. The van der Waals surface area contributed by atoms with Gasteiger partial charge in [-0.2, -0.15) is 0 Å². The average molecular weight is 352 g/mol. The number of nitrogens with one attached hydrogen (secondary N) is 1. The van der Waals surface area contributed by atoms with Crippen molar-refractivity contribution in [3.05, 3.63) is 53.1 Å². The largest absolute Gasteiger partial charge is 0.496 e. The summed E-state index contributed by atoms with van der Waals surface area (Å²) in [6.07, 6.45) is 2.89. The Labute approximate surface area is 153 Å². The van der Waals surface area contributed by atoms with Crippen molar-refractivity contribution in [2.24, 2.45) is 0 Å². The summed E-state index contributed by atoms with van der Waals surface area (Å²) in [5, 5.41) is 3.02. The maximum Gasteiger partial charge on any atom is 0.263 e. The number of carbonyl (C=O) groups excluding carboxylic acids is 1. The summed E-state index contributed by atoms with van der Waals surface area (Å²) in [5.41, 5.74) is 4.77. The highest BCUT2D eigenvalue weighted by molar-refractivity contribution is 5.83. The predicted molar refractivity (Wildman–Crippen MR) is 101 cm³/mol. The van der Waals surface area contributed by atoms with Crippen LogP contribution in [0.2, 0.25) is 0 Å². The normalized spacial score (nSPS) is 17.9. The third-order valence-corrected chi connectivity index (χ3v) is 5.23. The first-order valence-corrected chi connectivity index (χ1v) is 9.09. The van der Waals surface area contributed by atoms with E-state index in [1.165, 1.54) is 17.5 Å². The fraction of sp³-hybridized carbons (Fsp3) is 0.381. The molecule has 0 aromatic heterocycles. The van der Waals surface area contributed by atoms with Crippen LogP contribution in [0.15, 0.2) is 36.4 Å². The lowest BCUT2D eigenvalue weighted by Gasteiger charge is -2.33. The molecule has 0 fully saturated rings. The number of amides is 1. The molecule has 1 N–H and O–H groups in total. The Morgan fingerprint density at radius 3 is 2.85 bits per heavy atom. The highest BCUT2D eigenvalue weighted by atomic mass is 16.5. The van der Waals surface area contributed by atoms with Crippen molar-refractivity contribution in [3.63, 3.8) is 0 Å². The number of aryl methyl sites for hydroxylation is 2. The van der Waals surface area contributed by atoms with E-state index in [0.717, 1.165) is 35.6 Å². The molecule has 5 heteroatoms. The topological polar surface area (TPSA) is 50.8 Å². The van der Waals surface area contributed by atoms with E-state index in [1.807, 2.05) is 31.3 Å². The van der Waals surface area contributed by atoms with E-state index in [-0.39, 0.29) is 5.91 Å². The number of methoxy groups -OCH3 is 1. The zero-order valence-corrected chi connectivity index (χ0v) is 15.2. The second-order valence-electron chi connectivity index (χ2n) is 6.96. The monoisotopic (exact) mass is 352 g/mol. The molecule has 0 saturated carbocycles. The van der Waals surface area contributed by atoms with Gasteiger partial charge in [0.15, 0.2) is 6.10 Å². The fourth-order valence-electron chi connectivity index (χ4n) is 3.82. The van der Waals surface area contributed by atoms with Crippen LogP contribution in [0.4, 0.5) is 5.69 Å². The van der Waals surface area contributed by atoms with Gasteiger partial charge in [-0.1, -0.05) is 18.2 Å². The number of para-hydroxylation sites is 2. The zero-order chi connectivity index (χ0) is 18.1. The van der Waals surface area contributed by atoms with Gasteiger partial charge < -0.3 is 19.7 Å². The van der Waals surface area contributed by atoms with Gasteiger partial charge in [-0.25, -0.2) is 0 Å². The van der Waals surface area contributed by atoms with E-state index < -0.39 is 6.10 Å². The van der Waals surface area contributed by atoms with Gasteiger partial charge in [0.05, 0.1) is 19.3 Å². The van der Waals surface area contributed by atoms with Gasteiger partial charge in [0.25, 0.3) is 5.91 Å². The molecule has 0 radical (unpaired) electrons. The van der Waals surface area contributed by atoms with Gasteiger partial charge >= 0.3 is 0 Å². The smallest absolute Gasteiger partial charge is 0.263 e. The number of rotatable bonds is 4. The van der Waals surface area contributed by atoms with Crippen molar-refractivity contribution < 1.29 is 14.3 Å². The Bertz CT molecular complexity index is 834. The van der Waals surface area contributed by atoms with E-state index in [0.29, 0.717) is 13.1 Å². The van der Waals surface area contributed by atoms with Crippen LogP contribution in [0.5, 0.6) is 11.5 Å². The Morgan fingerprint density at radius 2 is 2.04 bits per heavy atom. The Balaban J connectivity index is 1.45. The Kier molecular flexibility index (Phi) is 4.45. The highest BCUT2D eigenvalue weighted by Crippen LogP contribution is 2.32. The second-order valence-corrected chi connectivity index (χ2v) is 6.96. The summed E-state index contributed by atoms with van der Waals surface area (Å²) in [6.45, 7) is 0.977. The quantitative estimate of drug-likeness (QED) is 0.919.